The third-order valence-corrected chi connectivity index (χ3v) is 5.14. The molecule has 0 amide bonds. The predicted molar refractivity (Wildman–Crippen MR) is 75.4 cm³/mol. The summed E-state index contributed by atoms with van der Waals surface area (Å²) < 4.78 is 25.7. The Bertz CT molecular complexity index is 616. The number of hydrogen-bond acceptors (Lipinski definition) is 5. The van der Waals surface area contributed by atoms with E-state index in [9.17, 15) is 18.0 Å². The standard InChI is InChI=1S/C12H16N2O6S/c1-14(8-5-3-2-4-6-8)21(19,20)9(7-10(15)16)11(13)12(17)18/h2-6,9,11H,7,13H2,1H3,(H,15,16)(H,17,18)/t9?,11-/m0/s1. The van der Waals surface area contributed by atoms with Crippen LogP contribution >= 0.6 is 0 Å². The average molecular weight is 316 g/mol. The number of rotatable bonds is 7. The first-order valence-corrected chi connectivity index (χ1v) is 7.41. The Labute approximate surface area is 121 Å². The van der Waals surface area contributed by atoms with Gasteiger partial charge in [-0.25, -0.2) is 8.42 Å². The second-order valence-electron chi connectivity index (χ2n) is 4.35. The molecule has 0 radical (unpaired) electrons. The highest BCUT2D eigenvalue weighted by Gasteiger charge is 2.40. The summed E-state index contributed by atoms with van der Waals surface area (Å²) in [6.45, 7) is 0. The zero-order valence-corrected chi connectivity index (χ0v) is 12.0. The minimum absolute atomic E-state index is 0.283. The van der Waals surface area contributed by atoms with Gasteiger partial charge in [-0.2, -0.15) is 0 Å². The molecule has 116 valence electrons. The van der Waals surface area contributed by atoms with Crippen molar-refractivity contribution in [2.75, 3.05) is 11.4 Å². The minimum Gasteiger partial charge on any atom is -0.481 e. The Morgan fingerprint density at radius 2 is 1.76 bits per heavy atom. The summed E-state index contributed by atoms with van der Waals surface area (Å²) in [7, 11) is -3.03. The van der Waals surface area contributed by atoms with Crippen LogP contribution in [0.25, 0.3) is 0 Å². The van der Waals surface area contributed by atoms with E-state index in [4.69, 9.17) is 15.9 Å². The number of carboxylic acids is 2. The Hall–Kier alpha value is -2.13. The van der Waals surface area contributed by atoms with E-state index in [0.29, 0.717) is 0 Å². The molecule has 1 aromatic rings. The van der Waals surface area contributed by atoms with Crippen molar-refractivity contribution in [1.82, 2.24) is 0 Å². The molecule has 0 aliphatic carbocycles. The summed E-state index contributed by atoms with van der Waals surface area (Å²) in [6.07, 6.45) is -0.896. The molecule has 0 bridgehead atoms. The van der Waals surface area contributed by atoms with Gasteiger partial charge in [0.1, 0.15) is 11.3 Å². The van der Waals surface area contributed by atoms with E-state index in [1.54, 1.807) is 18.2 Å². The molecule has 0 aliphatic heterocycles. The summed E-state index contributed by atoms with van der Waals surface area (Å²) in [6, 6.07) is 6.05. The molecular formula is C12H16N2O6S. The summed E-state index contributed by atoms with van der Waals surface area (Å²) in [5, 5.41) is 15.9. The zero-order valence-electron chi connectivity index (χ0n) is 11.2. The largest absolute Gasteiger partial charge is 0.481 e. The molecule has 1 rings (SSSR count). The molecule has 0 aliphatic rings. The van der Waals surface area contributed by atoms with Crippen molar-refractivity contribution in [3.8, 4) is 0 Å². The molecule has 9 heteroatoms. The summed E-state index contributed by atoms with van der Waals surface area (Å²) >= 11 is 0. The molecule has 8 nitrogen and oxygen atoms in total. The Kier molecular flexibility index (Phi) is 5.28. The number of aliphatic carboxylic acids is 2. The monoisotopic (exact) mass is 316 g/mol. The molecule has 1 unspecified atom stereocenters. The average Bonchev–Trinajstić information content (AvgIpc) is 2.43. The van der Waals surface area contributed by atoms with Gasteiger partial charge in [0.15, 0.2) is 0 Å². The number of carbonyl (C=O) groups is 2. The number of benzene rings is 1. The van der Waals surface area contributed by atoms with Crippen LogP contribution < -0.4 is 10.0 Å². The first-order chi connectivity index (χ1) is 9.67. The van der Waals surface area contributed by atoms with Crippen LogP contribution in [0.4, 0.5) is 5.69 Å². The van der Waals surface area contributed by atoms with Crippen LogP contribution in [0.5, 0.6) is 0 Å². The van der Waals surface area contributed by atoms with Crippen molar-refractivity contribution >= 4 is 27.6 Å². The molecule has 1 aromatic carbocycles. The molecular weight excluding hydrogens is 300 g/mol. The number of carboxylic acid groups (broad SMARTS) is 2. The molecule has 21 heavy (non-hydrogen) atoms. The van der Waals surface area contributed by atoms with Crippen LogP contribution in [0, 0.1) is 0 Å². The summed E-state index contributed by atoms with van der Waals surface area (Å²) in [4.78, 5) is 21.7. The van der Waals surface area contributed by atoms with Gasteiger partial charge in [-0.1, -0.05) is 18.2 Å². The number of nitrogens with two attached hydrogens (primary N) is 1. The fourth-order valence-electron chi connectivity index (χ4n) is 1.74. The van der Waals surface area contributed by atoms with Crippen LogP contribution in [0.15, 0.2) is 30.3 Å². The first-order valence-electron chi connectivity index (χ1n) is 5.91. The van der Waals surface area contributed by atoms with Crippen LogP contribution in [0.1, 0.15) is 6.42 Å². The smallest absolute Gasteiger partial charge is 0.321 e. The highest BCUT2D eigenvalue weighted by atomic mass is 32.2. The molecule has 0 aromatic heterocycles. The van der Waals surface area contributed by atoms with E-state index in [2.05, 4.69) is 0 Å². The second kappa shape index (κ2) is 6.55. The number of sulfonamides is 1. The molecule has 0 saturated carbocycles. The van der Waals surface area contributed by atoms with Crippen LogP contribution in [-0.4, -0.2) is 48.9 Å². The fourth-order valence-corrected chi connectivity index (χ4v) is 3.40. The predicted octanol–water partition coefficient (Wildman–Crippen LogP) is -0.292. The third kappa shape index (κ3) is 3.92. The fraction of sp³-hybridized carbons (Fsp3) is 0.333. The summed E-state index contributed by atoms with van der Waals surface area (Å²) in [5.41, 5.74) is 5.63. The van der Waals surface area contributed by atoms with E-state index in [0.717, 1.165) is 4.31 Å². The van der Waals surface area contributed by atoms with Gasteiger partial charge in [0.25, 0.3) is 0 Å². The Balaban J connectivity index is 3.21. The number of anilines is 1. The van der Waals surface area contributed by atoms with Crippen LogP contribution in [0.2, 0.25) is 0 Å². The quantitative estimate of drug-likeness (QED) is 0.628. The maximum absolute atomic E-state index is 12.4. The van der Waals surface area contributed by atoms with Gasteiger partial charge >= 0.3 is 11.9 Å². The topological polar surface area (TPSA) is 138 Å². The van der Waals surface area contributed by atoms with Crippen LogP contribution in [-0.2, 0) is 19.6 Å². The van der Waals surface area contributed by atoms with Crippen LogP contribution in [0.3, 0.4) is 0 Å². The highest BCUT2D eigenvalue weighted by molar-refractivity contribution is 7.93. The van der Waals surface area contributed by atoms with Gasteiger partial charge in [0.05, 0.1) is 12.1 Å². The SMILES string of the molecule is CN(c1ccccc1)S(=O)(=O)C(CC(=O)O)[C@H](N)C(=O)O. The van der Waals surface area contributed by atoms with E-state index in [-0.39, 0.29) is 5.69 Å². The maximum atomic E-state index is 12.4. The van der Waals surface area contributed by atoms with Gasteiger partial charge in [-0.3, -0.25) is 13.9 Å². The molecule has 0 heterocycles. The van der Waals surface area contributed by atoms with Gasteiger partial charge in [-0.05, 0) is 12.1 Å². The normalized spacial score (nSPS) is 14.2. The number of hydrogen-bond donors (Lipinski definition) is 3. The third-order valence-electron chi connectivity index (χ3n) is 2.95. The molecule has 2 atom stereocenters. The van der Waals surface area contributed by atoms with E-state index in [1.807, 2.05) is 0 Å². The van der Waals surface area contributed by atoms with Crippen molar-refractivity contribution in [1.29, 1.82) is 0 Å². The lowest BCUT2D eigenvalue weighted by molar-refractivity contribution is -0.139. The van der Waals surface area contributed by atoms with Gasteiger partial charge in [0, 0.05) is 7.05 Å². The Morgan fingerprint density at radius 1 is 1.24 bits per heavy atom. The van der Waals surface area contributed by atoms with Gasteiger partial charge < -0.3 is 15.9 Å². The molecule has 0 spiro atoms. The number of nitrogens with zero attached hydrogens (tertiary/aromatic N) is 1. The van der Waals surface area contributed by atoms with Crippen molar-refractivity contribution in [3.63, 3.8) is 0 Å². The second-order valence-corrected chi connectivity index (χ2v) is 6.53. The van der Waals surface area contributed by atoms with Gasteiger partial charge in [0.2, 0.25) is 10.0 Å². The molecule has 0 saturated heterocycles. The molecule has 0 fully saturated rings. The van der Waals surface area contributed by atoms with Gasteiger partial charge in [-0.15, -0.1) is 0 Å². The van der Waals surface area contributed by atoms with Crippen molar-refractivity contribution in [3.05, 3.63) is 30.3 Å². The maximum Gasteiger partial charge on any atom is 0.321 e. The lowest BCUT2D eigenvalue weighted by atomic mass is 10.1. The lowest BCUT2D eigenvalue weighted by Crippen LogP contribution is -2.51. The first kappa shape index (κ1) is 16.9. The lowest BCUT2D eigenvalue weighted by Gasteiger charge is -2.27. The van der Waals surface area contributed by atoms with Crippen molar-refractivity contribution in [2.45, 2.75) is 17.7 Å². The zero-order chi connectivity index (χ0) is 16.2. The van der Waals surface area contributed by atoms with E-state index < -0.39 is 39.7 Å². The molecule has 4 N–H and O–H groups in total. The Morgan fingerprint density at radius 3 is 2.19 bits per heavy atom. The van der Waals surface area contributed by atoms with E-state index in [1.165, 1.54) is 19.2 Å². The minimum atomic E-state index is -4.25. The van der Waals surface area contributed by atoms with Crippen molar-refractivity contribution in [2.24, 2.45) is 5.73 Å². The van der Waals surface area contributed by atoms with Crippen molar-refractivity contribution < 1.29 is 28.2 Å². The van der Waals surface area contributed by atoms with E-state index >= 15 is 0 Å². The number of para-hydroxylation sites is 1. The highest BCUT2D eigenvalue weighted by Crippen LogP contribution is 2.21. The summed E-state index contributed by atoms with van der Waals surface area (Å²) in [5.74, 6) is -3.02.